The number of aryl methyl sites for hydroxylation is 1. The molecule has 1 atom stereocenters. The van der Waals surface area contributed by atoms with Crippen molar-refractivity contribution in [1.82, 2.24) is 15.0 Å². The van der Waals surface area contributed by atoms with E-state index in [1.807, 2.05) is 55.5 Å². The van der Waals surface area contributed by atoms with Crippen LogP contribution < -0.4 is 10.1 Å². The third kappa shape index (κ3) is 4.92. The number of carbonyl (C=O) groups is 1. The van der Waals surface area contributed by atoms with Crippen LogP contribution in [-0.4, -0.2) is 27.5 Å². The minimum Gasteiger partial charge on any atom is -0.484 e. The molecule has 4 rings (SSSR count). The van der Waals surface area contributed by atoms with Crippen molar-refractivity contribution in [2.75, 3.05) is 11.9 Å². The maximum absolute atomic E-state index is 12.3. The summed E-state index contributed by atoms with van der Waals surface area (Å²) in [4.78, 5) is 13.9. The van der Waals surface area contributed by atoms with Gasteiger partial charge in [0, 0.05) is 10.7 Å². The molecule has 0 fully saturated rings. The summed E-state index contributed by atoms with van der Waals surface area (Å²) in [5, 5.41) is 12.5. The van der Waals surface area contributed by atoms with E-state index in [1.165, 1.54) is 10.4 Å². The molecule has 6 nitrogen and oxygen atoms in total. The molecule has 32 heavy (non-hydrogen) atoms. The number of nitrogens with zero attached hydrogens (tertiary/aromatic N) is 3. The van der Waals surface area contributed by atoms with E-state index in [-0.39, 0.29) is 12.5 Å². The normalized spacial score (nSPS) is 12.0. The fraction of sp³-hybridized carbons (Fsp3) is 0.240. The molecule has 0 saturated carbocycles. The Morgan fingerprint density at radius 3 is 2.53 bits per heavy atom. The second-order valence-corrected chi connectivity index (χ2v) is 8.25. The number of hydrogen-bond acceptors (Lipinski definition) is 4. The first-order chi connectivity index (χ1) is 15.4. The molecule has 164 valence electrons. The number of anilines is 1. The maximum Gasteiger partial charge on any atom is 0.262 e. The van der Waals surface area contributed by atoms with Gasteiger partial charge < -0.3 is 10.1 Å². The van der Waals surface area contributed by atoms with E-state index in [0.717, 1.165) is 23.2 Å². The highest BCUT2D eigenvalue weighted by molar-refractivity contribution is 6.31. The molecular weight excluding hydrogens is 424 g/mol. The lowest BCUT2D eigenvalue weighted by Gasteiger charge is -2.11. The molecule has 1 heterocycles. The number of carbonyl (C=O) groups excluding carboxylic acids is 1. The number of benzene rings is 3. The van der Waals surface area contributed by atoms with E-state index < -0.39 is 0 Å². The summed E-state index contributed by atoms with van der Waals surface area (Å²) in [6.07, 6.45) is 1.08. The molecule has 0 aliphatic carbocycles. The van der Waals surface area contributed by atoms with Crippen molar-refractivity contribution < 1.29 is 9.53 Å². The Balaban J connectivity index is 1.40. The van der Waals surface area contributed by atoms with Gasteiger partial charge in [-0.1, -0.05) is 43.6 Å². The van der Waals surface area contributed by atoms with Crippen LogP contribution in [0.4, 0.5) is 5.69 Å². The van der Waals surface area contributed by atoms with Gasteiger partial charge in [0.2, 0.25) is 0 Å². The van der Waals surface area contributed by atoms with E-state index in [1.54, 1.807) is 12.1 Å². The fourth-order valence-electron chi connectivity index (χ4n) is 3.29. The van der Waals surface area contributed by atoms with Crippen LogP contribution >= 0.6 is 11.6 Å². The van der Waals surface area contributed by atoms with Crippen molar-refractivity contribution in [2.24, 2.45) is 0 Å². The van der Waals surface area contributed by atoms with E-state index in [2.05, 4.69) is 29.4 Å². The Labute approximate surface area is 192 Å². The van der Waals surface area contributed by atoms with Gasteiger partial charge in [-0.05, 0) is 72.9 Å². The zero-order valence-electron chi connectivity index (χ0n) is 18.3. The number of nitrogens with one attached hydrogen (secondary N) is 1. The number of hydrogen-bond donors (Lipinski definition) is 1. The molecule has 1 aromatic heterocycles. The van der Waals surface area contributed by atoms with E-state index in [4.69, 9.17) is 16.3 Å². The molecule has 0 saturated heterocycles. The molecule has 3 aromatic carbocycles. The van der Waals surface area contributed by atoms with Crippen LogP contribution in [0.3, 0.4) is 0 Å². The Hall–Kier alpha value is -3.38. The van der Waals surface area contributed by atoms with E-state index >= 15 is 0 Å². The Morgan fingerprint density at radius 2 is 1.81 bits per heavy atom. The van der Waals surface area contributed by atoms with Crippen LogP contribution in [-0.2, 0) is 4.79 Å². The first-order valence-corrected chi connectivity index (χ1v) is 11.0. The first kappa shape index (κ1) is 21.8. The second kappa shape index (κ2) is 9.40. The highest BCUT2D eigenvalue weighted by atomic mass is 35.5. The van der Waals surface area contributed by atoms with Gasteiger partial charge in [0.05, 0.1) is 5.69 Å². The number of ether oxygens (including phenoxy) is 1. The van der Waals surface area contributed by atoms with Crippen molar-refractivity contribution in [3.63, 3.8) is 0 Å². The van der Waals surface area contributed by atoms with Crippen LogP contribution in [0.15, 0.2) is 60.7 Å². The number of fused-ring (bicyclic) bond motifs is 1. The van der Waals surface area contributed by atoms with Crippen LogP contribution in [0, 0.1) is 6.92 Å². The summed E-state index contributed by atoms with van der Waals surface area (Å²) in [5.41, 5.74) is 5.05. The zero-order chi connectivity index (χ0) is 22.7. The number of halogens is 1. The van der Waals surface area contributed by atoms with Crippen LogP contribution in [0.5, 0.6) is 5.75 Å². The monoisotopic (exact) mass is 448 g/mol. The van der Waals surface area contributed by atoms with Crippen molar-refractivity contribution in [3.8, 4) is 11.4 Å². The van der Waals surface area contributed by atoms with E-state index in [9.17, 15) is 4.79 Å². The quantitative estimate of drug-likeness (QED) is 0.381. The van der Waals surface area contributed by atoms with Gasteiger partial charge in [-0.2, -0.15) is 4.80 Å². The number of aromatic nitrogens is 3. The van der Waals surface area contributed by atoms with Crippen LogP contribution in [0.1, 0.15) is 37.3 Å². The molecule has 0 unspecified atom stereocenters. The molecule has 0 radical (unpaired) electrons. The zero-order valence-corrected chi connectivity index (χ0v) is 19.1. The average molecular weight is 449 g/mol. The van der Waals surface area contributed by atoms with Crippen molar-refractivity contribution in [1.29, 1.82) is 0 Å². The molecule has 0 aliphatic rings. The predicted octanol–water partition coefficient (Wildman–Crippen LogP) is 5.91. The topological polar surface area (TPSA) is 69.0 Å². The van der Waals surface area contributed by atoms with Gasteiger partial charge >= 0.3 is 0 Å². The highest BCUT2D eigenvalue weighted by Crippen LogP contribution is 2.23. The Morgan fingerprint density at radius 1 is 1.06 bits per heavy atom. The lowest BCUT2D eigenvalue weighted by Crippen LogP contribution is -2.20. The van der Waals surface area contributed by atoms with E-state index in [0.29, 0.717) is 27.9 Å². The fourth-order valence-corrected chi connectivity index (χ4v) is 3.46. The summed E-state index contributed by atoms with van der Waals surface area (Å²) in [6.45, 7) is 6.22. The highest BCUT2D eigenvalue weighted by Gasteiger charge is 2.10. The smallest absolute Gasteiger partial charge is 0.262 e. The SMILES string of the molecule is CC[C@@H](C)c1ccc(OCC(=O)Nc2ccc3nn(-c4ccc(C)c(Cl)c4)nc3c2)cc1. The third-order valence-corrected chi connectivity index (χ3v) is 5.89. The molecular formula is C25H25ClN4O2. The minimum absolute atomic E-state index is 0.0741. The van der Waals surface area contributed by atoms with Crippen molar-refractivity contribution in [3.05, 3.63) is 76.8 Å². The molecule has 1 N–H and O–H groups in total. The summed E-state index contributed by atoms with van der Waals surface area (Å²) >= 11 is 6.22. The predicted molar refractivity (Wildman–Crippen MR) is 128 cm³/mol. The van der Waals surface area contributed by atoms with Crippen molar-refractivity contribution >= 4 is 34.2 Å². The lowest BCUT2D eigenvalue weighted by molar-refractivity contribution is -0.118. The van der Waals surface area contributed by atoms with Gasteiger partial charge in [0.1, 0.15) is 16.8 Å². The summed E-state index contributed by atoms with van der Waals surface area (Å²) in [6, 6.07) is 18.9. The van der Waals surface area contributed by atoms with Crippen LogP contribution in [0.25, 0.3) is 16.7 Å². The average Bonchev–Trinajstić information content (AvgIpc) is 3.23. The maximum atomic E-state index is 12.3. The Kier molecular flexibility index (Phi) is 6.42. The molecule has 1 amide bonds. The first-order valence-electron chi connectivity index (χ1n) is 10.6. The van der Waals surface area contributed by atoms with Crippen molar-refractivity contribution in [2.45, 2.75) is 33.1 Å². The minimum atomic E-state index is -0.243. The lowest BCUT2D eigenvalue weighted by atomic mass is 9.99. The largest absolute Gasteiger partial charge is 0.484 e. The molecule has 0 bridgehead atoms. The third-order valence-electron chi connectivity index (χ3n) is 5.48. The van der Waals surface area contributed by atoms with Gasteiger partial charge in [0.25, 0.3) is 5.91 Å². The van der Waals surface area contributed by atoms with Gasteiger partial charge in [0.15, 0.2) is 6.61 Å². The number of amides is 1. The van der Waals surface area contributed by atoms with Gasteiger partial charge in [-0.3, -0.25) is 4.79 Å². The van der Waals surface area contributed by atoms with Crippen LogP contribution in [0.2, 0.25) is 5.02 Å². The Bertz CT molecular complexity index is 1250. The van der Waals surface area contributed by atoms with Gasteiger partial charge in [-0.25, -0.2) is 0 Å². The standard InChI is InChI=1S/C25H25ClN4O2/c1-4-16(2)18-6-10-21(11-7-18)32-15-25(31)27-19-8-12-23-24(13-19)29-30(28-23)20-9-5-17(3)22(26)14-20/h5-14,16H,4,15H2,1-3H3,(H,27,31)/t16-/m1/s1. The van der Waals surface area contributed by atoms with Gasteiger partial charge in [-0.15, -0.1) is 10.2 Å². The number of rotatable bonds is 7. The molecule has 0 spiro atoms. The summed E-state index contributed by atoms with van der Waals surface area (Å²) in [7, 11) is 0. The summed E-state index contributed by atoms with van der Waals surface area (Å²) in [5.74, 6) is 0.929. The molecule has 7 heteroatoms. The summed E-state index contributed by atoms with van der Waals surface area (Å²) < 4.78 is 5.62. The second-order valence-electron chi connectivity index (χ2n) is 7.84. The molecule has 4 aromatic rings. The molecule has 0 aliphatic heterocycles.